The summed E-state index contributed by atoms with van der Waals surface area (Å²) in [4.78, 5) is 26.3. The molecule has 21 heavy (non-hydrogen) atoms. The highest BCUT2D eigenvalue weighted by molar-refractivity contribution is 5.92. The van der Waals surface area contributed by atoms with Gasteiger partial charge in [0.15, 0.2) is 5.43 Å². The van der Waals surface area contributed by atoms with Gasteiger partial charge in [-0.3, -0.25) is 4.79 Å². The molecule has 5 heteroatoms. The molecule has 112 valence electrons. The average molecular weight is 288 g/mol. The second-order valence-corrected chi connectivity index (χ2v) is 4.95. The number of rotatable bonds is 4. The Morgan fingerprint density at radius 2 is 1.95 bits per heavy atom. The van der Waals surface area contributed by atoms with Crippen LogP contribution in [0.4, 0.5) is 5.69 Å². The Morgan fingerprint density at radius 3 is 2.52 bits per heavy atom. The van der Waals surface area contributed by atoms with Crippen molar-refractivity contribution in [1.29, 1.82) is 0 Å². The topological polar surface area (TPSA) is 51.5 Å². The molecule has 0 saturated heterocycles. The Hall–Kier alpha value is -2.30. The summed E-state index contributed by atoms with van der Waals surface area (Å²) in [6.07, 6.45) is 0. The fourth-order valence-electron chi connectivity index (χ4n) is 2.36. The van der Waals surface area contributed by atoms with Crippen LogP contribution in [0.25, 0.3) is 10.9 Å². The normalized spacial score (nSPS) is 10.7. The molecule has 0 atom stereocenters. The molecule has 2 rings (SSSR count). The molecule has 0 saturated carbocycles. The van der Waals surface area contributed by atoms with Crippen LogP contribution in [-0.4, -0.2) is 31.2 Å². The summed E-state index contributed by atoms with van der Waals surface area (Å²) in [5.41, 5.74) is 1.83. The maximum Gasteiger partial charge on any atom is 0.355 e. The number of benzene rings is 1. The Labute approximate surface area is 123 Å². The lowest BCUT2D eigenvalue weighted by atomic mass is 10.1. The summed E-state index contributed by atoms with van der Waals surface area (Å²) in [6.45, 7) is 4.56. The smallest absolute Gasteiger partial charge is 0.355 e. The molecule has 0 aliphatic carbocycles. The minimum Gasteiger partial charge on any atom is -0.461 e. The summed E-state index contributed by atoms with van der Waals surface area (Å²) in [5.74, 6) is -0.463. The van der Waals surface area contributed by atoms with Crippen molar-refractivity contribution in [1.82, 2.24) is 4.57 Å². The number of ether oxygens (including phenoxy) is 1. The quantitative estimate of drug-likeness (QED) is 0.810. The van der Waals surface area contributed by atoms with Crippen molar-refractivity contribution in [3.05, 3.63) is 40.2 Å². The number of nitrogens with zero attached hydrogens (tertiary/aromatic N) is 2. The molecule has 1 aromatic carbocycles. The molecule has 0 aliphatic rings. The molecule has 0 radical (unpaired) electrons. The van der Waals surface area contributed by atoms with Gasteiger partial charge >= 0.3 is 5.97 Å². The number of carbonyl (C=O) groups is 1. The lowest BCUT2D eigenvalue weighted by molar-refractivity contribution is 0.0513. The third-order valence-corrected chi connectivity index (χ3v) is 3.41. The summed E-state index contributed by atoms with van der Waals surface area (Å²) < 4.78 is 6.84. The van der Waals surface area contributed by atoms with Gasteiger partial charge < -0.3 is 14.2 Å². The maximum atomic E-state index is 12.3. The molecule has 0 amide bonds. The van der Waals surface area contributed by atoms with E-state index in [1.807, 2.05) is 48.7 Å². The standard InChI is InChI=1S/C16H20N2O3/c1-5-18-13-8-7-11(17(3)4)9-12(13)15(19)10-14(18)16(20)21-6-2/h7-10H,5-6H2,1-4H3. The van der Waals surface area contributed by atoms with E-state index in [2.05, 4.69) is 0 Å². The first kappa shape index (κ1) is 15.1. The summed E-state index contributed by atoms with van der Waals surface area (Å²) in [7, 11) is 3.85. The number of carbonyl (C=O) groups excluding carboxylic acids is 1. The zero-order chi connectivity index (χ0) is 15.6. The molecule has 0 N–H and O–H groups in total. The first-order valence-corrected chi connectivity index (χ1v) is 7.01. The van der Waals surface area contributed by atoms with Crippen LogP contribution in [0, 0.1) is 0 Å². The van der Waals surface area contributed by atoms with E-state index in [0.29, 0.717) is 17.6 Å². The van der Waals surface area contributed by atoms with Crippen LogP contribution in [0.2, 0.25) is 0 Å². The maximum absolute atomic E-state index is 12.3. The van der Waals surface area contributed by atoms with Gasteiger partial charge in [0.25, 0.3) is 0 Å². The molecule has 1 aromatic heterocycles. The van der Waals surface area contributed by atoms with E-state index in [9.17, 15) is 9.59 Å². The number of esters is 1. The van der Waals surface area contributed by atoms with Gasteiger partial charge in [0, 0.05) is 37.8 Å². The van der Waals surface area contributed by atoms with Gasteiger partial charge in [-0.25, -0.2) is 4.79 Å². The Morgan fingerprint density at radius 1 is 1.24 bits per heavy atom. The van der Waals surface area contributed by atoms with Gasteiger partial charge in [-0.05, 0) is 32.0 Å². The van der Waals surface area contributed by atoms with Crippen LogP contribution in [0.1, 0.15) is 24.3 Å². The van der Waals surface area contributed by atoms with E-state index in [0.717, 1.165) is 11.2 Å². The summed E-state index contributed by atoms with van der Waals surface area (Å²) in [6, 6.07) is 7.02. The second-order valence-electron chi connectivity index (χ2n) is 4.95. The van der Waals surface area contributed by atoms with Crippen LogP contribution >= 0.6 is 0 Å². The van der Waals surface area contributed by atoms with Crippen LogP contribution in [-0.2, 0) is 11.3 Å². The first-order valence-electron chi connectivity index (χ1n) is 7.01. The van der Waals surface area contributed by atoms with E-state index >= 15 is 0 Å². The third-order valence-electron chi connectivity index (χ3n) is 3.41. The van der Waals surface area contributed by atoms with E-state index in [4.69, 9.17) is 4.74 Å². The molecule has 0 spiro atoms. The third kappa shape index (κ3) is 2.77. The lowest BCUT2D eigenvalue weighted by Gasteiger charge is -2.17. The number of hydrogen-bond acceptors (Lipinski definition) is 4. The van der Waals surface area contributed by atoms with Crippen molar-refractivity contribution >= 4 is 22.6 Å². The molecule has 0 fully saturated rings. The van der Waals surface area contributed by atoms with E-state index in [1.54, 1.807) is 6.92 Å². The zero-order valence-corrected chi connectivity index (χ0v) is 12.8. The largest absolute Gasteiger partial charge is 0.461 e. The molecule has 0 bridgehead atoms. The highest BCUT2D eigenvalue weighted by Crippen LogP contribution is 2.20. The van der Waals surface area contributed by atoms with Gasteiger partial charge in [-0.15, -0.1) is 0 Å². The van der Waals surface area contributed by atoms with Crippen molar-refractivity contribution in [3.63, 3.8) is 0 Å². The van der Waals surface area contributed by atoms with E-state index in [-0.39, 0.29) is 12.0 Å². The SMILES string of the molecule is CCOC(=O)c1cc(=O)c2cc(N(C)C)ccc2n1CC. The van der Waals surface area contributed by atoms with Crippen LogP contribution in [0.5, 0.6) is 0 Å². The first-order chi connectivity index (χ1) is 9.99. The van der Waals surface area contributed by atoms with Gasteiger partial charge in [0.1, 0.15) is 5.69 Å². The second kappa shape index (κ2) is 5.99. The minimum atomic E-state index is -0.463. The van der Waals surface area contributed by atoms with Crippen LogP contribution < -0.4 is 10.3 Å². The predicted octanol–water partition coefficient (Wildman–Crippen LogP) is 2.26. The van der Waals surface area contributed by atoms with Crippen LogP contribution in [0.3, 0.4) is 0 Å². The van der Waals surface area contributed by atoms with Gasteiger partial charge in [0.2, 0.25) is 0 Å². The van der Waals surface area contributed by atoms with Crippen molar-refractivity contribution < 1.29 is 9.53 Å². The Kier molecular flexibility index (Phi) is 4.31. The fourth-order valence-corrected chi connectivity index (χ4v) is 2.36. The number of aromatic nitrogens is 1. The monoisotopic (exact) mass is 288 g/mol. The number of fused-ring (bicyclic) bond motifs is 1. The summed E-state index contributed by atoms with van der Waals surface area (Å²) in [5, 5.41) is 0.607. The molecule has 2 aromatic rings. The zero-order valence-electron chi connectivity index (χ0n) is 12.8. The van der Waals surface area contributed by atoms with Crippen molar-refractivity contribution in [2.45, 2.75) is 20.4 Å². The van der Waals surface area contributed by atoms with Crippen molar-refractivity contribution in [2.75, 3.05) is 25.6 Å². The number of pyridine rings is 1. The Balaban J connectivity index is 2.73. The molecule has 0 unspecified atom stereocenters. The molecule has 0 aliphatic heterocycles. The van der Waals surface area contributed by atoms with E-state index in [1.165, 1.54) is 6.07 Å². The van der Waals surface area contributed by atoms with Crippen LogP contribution in [0.15, 0.2) is 29.1 Å². The number of hydrogen-bond donors (Lipinski definition) is 0. The fraction of sp³-hybridized carbons (Fsp3) is 0.375. The van der Waals surface area contributed by atoms with Gasteiger partial charge in [0.05, 0.1) is 12.1 Å². The summed E-state index contributed by atoms with van der Waals surface area (Å²) >= 11 is 0. The molecular weight excluding hydrogens is 268 g/mol. The Bertz CT molecular complexity index is 732. The molecule has 5 nitrogen and oxygen atoms in total. The van der Waals surface area contributed by atoms with Crippen molar-refractivity contribution in [3.8, 4) is 0 Å². The average Bonchev–Trinajstić information content (AvgIpc) is 2.46. The van der Waals surface area contributed by atoms with Crippen molar-refractivity contribution in [2.24, 2.45) is 0 Å². The van der Waals surface area contributed by atoms with Gasteiger partial charge in [-0.1, -0.05) is 0 Å². The minimum absolute atomic E-state index is 0.165. The highest BCUT2D eigenvalue weighted by atomic mass is 16.5. The van der Waals surface area contributed by atoms with Gasteiger partial charge in [-0.2, -0.15) is 0 Å². The predicted molar refractivity (Wildman–Crippen MR) is 84.2 cm³/mol. The van der Waals surface area contributed by atoms with E-state index < -0.39 is 5.97 Å². The number of anilines is 1. The molecular formula is C16H20N2O3. The highest BCUT2D eigenvalue weighted by Gasteiger charge is 2.16. The number of aryl methyl sites for hydroxylation is 1. The molecule has 1 heterocycles. The lowest BCUT2D eigenvalue weighted by Crippen LogP contribution is -2.20.